The molecule has 29 heavy (non-hydrogen) atoms. The zero-order valence-corrected chi connectivity index (χ0v) is 17.9. The van der Waals surface area contributed by atoms with Crippen molar-refractivity contribution in [3.05, 3.63) is 75.5 Å². The SMILES string of the molecule is CCn1ncc2c(Cl)c(COC(Cn3ccnc3)c3ccc(Cl)cc3Cl)cnc21. The smallest absolute Gasteiger partial charge is 0.159 e. The van der Waals surface area contributed by atoms with Crippen molar-refractivity contribution in [2.24, 2.45) is 0 Å². The van der Waals surface area contributed by atoms with Crippen LogP contribution in [0.4, 0.5) is 0 Å². The van der Waals surface area contributed by atoms with E-state index in [1.165, 1.54) is 0 Å². The Balaban J connectivity index is 1.61. The van der Waals surface area contributed by atoms with Crippen LogP contribution in [0.3, 0.4) is 0 Å². The molecule has 0 fully saturated rings. The molecule has 0 aliphatic rings. The van der Waals surface area contributed by atoms with E-state index in [9.17, 15) is 0 Å². The van der Waals surface area contributed by atoms with Crippen molar-refractivity contribution in [3.8, 4) is 0 Å². The highest BCUT2D eigenvalue weighted by atomic mass is 35.5. The van der Waals surface area contributed by atoms with E-state index in [0.717, 1.165) is 28.7 Å². The lowest BCUT2D eigenvalue weighted by Gasteiger charge is -2.20. The van der Waals surface area contributed by atoms with E-state index in [2.05, 4.69) is 15.1 Å². The van der Waals surface area contributed by atoms with Gasteiger partial charge in [-0.25, -0.2) is 14.6 Å². The van der Waals surface area contributed by atoms with Crippen LogP contribution in [-0.4, -0.2) is 24.3 Å². The first-order valence-corrected chi connectivity index (χ1v) is 10.2. The Morgan fingerprint density at radius 1 is 1.17 bits per heavy atom. The molecule has 4 aromatic rings. The largest absolute Gasteiger partial charge is 0.367 e. The fourth-order valence-corrected chi connectivity index (χ4v) is 3.92. The Labute approximate surface area is 183 Å². The molecule has 0 aliphatic carbocycles. The Bertz CT molecular complexity index is 1130. The summed E-state index contributed by atoms with van der Waals surface area (Å²) in [5.74, 6) is 0. The number of ether oxygens (including phenoxy) is 1. The van der Waals surface area contributed by atoms with E-state index in [1.807, 2.05) is 23.8 Å². The minimum atomic E-state index is -0.320. The highest BCUT2D eigenvalue weighted by Gasteiger charge is 2.19. The number of aryl methyl sites for hydroxylation is 1. The molecular formula is C20H18Cl3N5O. The van der Waals surface area contributed by atoms with Gasteiger partial charge in [0.05, 0.1) is 36.1 Å². The number of imidazole rings is 1. The van der Waals surface area contributed by atoms with Crippen molar-refractivity contribution in [2.45, 2.75) is 32.7 Å². The molecule has 3 aromatic heterocycles. The predicted molar refractivity (Wildman–Crippen MR) is 114 cm³/mol. The van der Waals surface area contributed by atoms with Gasteiger partial charge in [-0.2, -0.15) is 5.10 Å². The highest BCUT2D eigenvalue weighted by Crippen LogP contribution is 2.32. The first kappa shape index (κ1) is 20.2. The Kier molecular flexibility index (Phi) is 6.06. The lowest BCUT2D eigenvalue weighted by Crippen LogP contribution is -2.13. The first-order valence-electron chi connectivity index (χ1n) is 9.08. The molecule has 1 unspecified atom stereocenters. The van der Waals surface area contributed by atoms with Gasteiger partial charge in [-0.3, -0.25) is 0 Å². The number of hydrogen-bond donors (Lipinski definition) is 0. The zero-order valence-electron chi connectivity index (χ0n) is 15.6. The van der Waals surface area contributed by atoms with Gasteiger partial charge in [-0.15, -0.1) is 0 Å². The molecule has 0 radical (unpaired) electrons. The third-order valence-corrected chi connectivity index (χ3v) is 5.67. The van der Waals surface area contributed by atoms with Crippen LogP contribution in [0.5, 0.6) is 0 Å². The number of halogens is 3. The summed E-state index contributed by atoms with van der Waals surface area (Å²) in [7, 11) is 0. The van der Waals surface area contributed by atoms with Gasteiger partial charge in [0.15, 0.2) is 5.65 Å². The zero-order chi connectivity index (χ0) is 20.4. The predicted octanol–water partition coefficient (Wildman–Crippen LogP) is 5.57. The maximum Gasteiger partial charge on any atom is 0.159 e. The van der Waals surface area contributed by atoms with E-state index in [0.29, 0.717) is 21.6 Å². The monoisotopic (exact) mass is 449 g/mol. The van der Waals surface area contributed by atoms with Crippen LogP contribution in [-0.2, 0) is 24.4 Å². The molecule has 0 aliphatic heterocycles. The van der Waals surface area contributed by atoms with Crippen molar-refractivity contribution >= 4 is 45.8 Å². The van der Waals surface area contributed by atoms with Gasteiger partial charge in [0.2, 0.25) is 0 Å². The number of hydrogen-bond acceptors (Lipinski definition) is 4. The van der Waals surface area contributed by atoms with Gasteiger partial charge in [0.1, 0.15) is 6.10 Å². The van der Waals surface area contributed by atoms with Crippen molar-refractivity contribution < 1.29 is 4.74 Å². The van der Waals surface area contributed by atoms with Crippen molar-refractivity contribution in [3.63, 3.8) is 0 Å². The molecule has 0 saturated carbocycles. The van der Waals surface area contributed by atoms with Crippen LogP contribution in [0.25, 0.3) is 11.0 Å². The van der Waals surface area contributed by atoms with Crippen molar-refractivity contribution in [2.75, 3.05) is 0 Å². The Morgan fingerprint density at radius 3 is 2.76 bits per heavy atom. The Hall–Kier alpha value is -2.12. The summed E-state index contributed by atoms with van der Waals surface area (Å²) in [5.41, 5.74) is 2.39. The fourth-order valence-electron chi connectivity index (χ4n) is 3.15. The Morgan fingerprint density at radius 2 is 2.03 bits per heavy atom. The summed E-state index contributed by atoms with van der Waals surface area (Å²) in [6.07, 6.45) is 8.48. The second-order valence-corrected chi connectivity index (χ2v) is 7.74. The van der Waals surface area contributed by atoms with E-state index < -0.39 is 0 Å². The third kappa shape index (κ3) is 4.26. The van der Waals surface area contributed by atoms with Crippen molar-refractivity contribution in [1.29, 1.82) is 0 Å². The average Bonchev–Trinajstić information content (AvgIpc) is 3.36. The maximum absolute atomic E-state index is 6.60. The molecule has 9 heteroatoms. The van der Waals surface area contributed by atoms with Crippen LogP contribution in [0.1, 0.15) is 24.2 Å². The third-order valence-electron chi connectivity index (χ3n) is 4.66. The minimum Gasteiger partial charge on any atom is -0.367 e. The number of nitrogens with zero attached hydrogens (tertiary/aromatic N) is 5. The van der Waals surface area contributed by atoms with Crippen LogP contribution in [0.15, 0.2) is 49.3 Å². The van der Waals surface area contributed by atoms with Crippen LogP contribution < -0.4 is 0 Å². The molecule has 150 valence electrons. The summed E-state index contributed by atoms with van der Waals surface area (Å²) in [5, 5.41) is 6.85. The molecular weight excluding hydrogens is 433 g/mol. The van der Waals surface area contributed by atoms with Gasteiger partial charge < -0.3 is 9.30 Å². The number of pyridine rings is 1. The molecule has 0 N–H and O–H groups in total. The van der Waals surface area contributed by atoms with Gasteiger partial charge in [0, 0.05) is 46.3 Å². The maximum atomic E-state index is 6.60. The summed E-state index contributed by atoms with van der Waals surface area (Å²) in [4.78, 5) is 8.60. The number of benzene rings is 1. The standard InChI is InChI=1S/C20H18Cl3N5O/c1-2-28-20-16(9-26-28)19(23)13(8-25-20)11-29-18(10-27-6-5-24-12-27)15-4-3-14(21)7-17(15)22/h3-9,12,18H,2,10-11H2,1H3. The summed E-state index contributed by atoms with van der Waals surface area (Å²) >= 11 is 19.1. The number of aromatic nitrogens is 5. The van der Waals surface area contributed by atoms with Crippen LogP contribution >= 0.6 is 34.8 Å². The molecule has 1 atom stereocenters. The van der Waals surface area contributed by atoms with Gasteiger partial charge in [-0.1, -0.05) is 40.9 Å². The molecule has 0 amide bonds. The second-order valence-electron chi connectivity index (χ2n) is 6.52. The lowest BCUT2D eigenvalue weighted by atomic mass is 10.1. The normalized spacial score (nSPS) is 12.6. The van der Waals surface area contributed by atoms with Crippen molar-refractivity contribution in [1.82, 2.24) is 24.3 Å². The number of fused-ring (bicyclic) bond motifs is 1. The summed E-state index contributed by atoms with van der Waals surface area (Å²) < 4.78 is 9.98. The average molecular weight is 451 g/mol. The molecule has 0 bridgehead atoms. The highest BCUT2D eigenvalue weighted by molar-refractivity contribution is 6.36. The fraction of sp³-hybridized carbons (Fsp3) is 0.250. The number of rotatable bonds is 7. The quantitative estimate of drug-likeness (QED) is 0.369. The molecule has 0 saturated heterocycles. The van der Waals surface area contributed by atoms with E-state index in [-0.39, 0.29) is 12.7 Å². The molecule has 1 aromatic carbocycles. The van der Waals surface area contributed by atoms with Gasteiger partial charge in [0.25, 0.3) is 0 Å². The lowest BCUT2D eigenvalue weighted by molar-refractivity contribution is 0.0280. The minimum absolute atomic E-state index is 0.275. The molecule has 6 nitrogen and oxygen atoms in total. The second kappa shape index (κ2) is 8.71. The van der Waals surface area contributed by atoms with Gasteiger partial charge in [-0.05, 0) is 19.1 Å². The van der Waals surface area contributed by atoms with E-state index in [4.69, 9.17) is 39.5 Å². The summed E-state index contributed by atoms with van der Waals surface area (Å²) in [6.45, 7) is 3.56. The molecule has 4 rings (SSSR count). The van der Waals surface area contributed by atoms with Crippen LogP contribution in [0, 0.1) is 0 Å². The van der Waals surface area contributed by atoms with Crippen LogP contribution in [0.2, 0.25) is 15.1 Å². The first-order chi connectivity index (χ1) is 14.1. The topological polar surface area (TPSA) is 57.8 Å². The molecule has 3 heterocycles. The van der Waals surface area contributed by atoms with Gasteiger partial charge >= 0.3 is 0 Å². The molecule has 0 spiro atoms. The summed E-state index contributed by atoms with van der Waals surface area (Å²) in [6, 6.07) is 5.38. The van der Waals surface area contributed by atoms with E-state index in [1.54, 1.807) is 41.7 Å². The van der Waals surface area contributed by atoms with E-state index >= 15 is 0 Å².